The van der Waals surface area contributed by atoms with Gasteiger partial charge in [0.25, 0.3) is 0 Å². The molecule has 2 aromatic heterocycles. The molecule has 2 heterocycles. The fourth-order valence-electron chi connectivity index (χ4n) is 3.66. The van der Waals surface area contributed by atoms with E-state index in [4.69, 9.17) is 0 Å². The van der Waals surface area contributed by atoms with Gasteiger partial charge in [-0.3, -0.25) is 9.20 Å². The molecule has 0 aliphatic rings. The van der Waals surface area contributed by atoms with E-state index in [2.05, 4.69) is 33.8 Å². The van der Waals surface area contributed by atoms with Crippen LogP contribution in [0.25, 0.3) is 34.0 Å². The quantitative estimate of drug-likeness (QED) is 0.311. The number of carbonyl (C=O) groups is 1. The molecular weight excluding hydrogens is 358 g/mol. The largest absolute Gasteiger partial charge is 0.313 e. The van der Waals surface area contributed by atoms with Crippen LogP contribution in [0.1, 0.15) is 16.1 Å². The summed E-state index contributed by atoms with van der Waals surface area (Å²) < 4.78 is 4.10. The number of para-hydroxylation sites is 2. The second-order valence-electron chi connectivity index (χ2n) is 7.02. The zero-order chi connectivity index (χ0) is 19.8. The van der Waals surface area contributed by atoms with Gasteiger partial charge in [0.2, 0.25) is 5.78 Å². The van der Waals surface area contributed by atoms with E-state index in [1.807, 2.05) is 72.2 Å². The normalized spacial score (nSPS) is 11.6. The van der Waals surface area contributed by atoms with E-state index in [9.17, 15) is 4.79 Å². The van der Waals surface area contributed by atoms with E-state index in [0.717, 1.165) is 33.6 Å². The number of hydrogen-bond acceptors (Lipinski definition) is 2. The Morgan fingerprint density at radius 2 is 1.48 bits per heavy atom. The van der Waals surface area contributed by atoms with Crippen molar-refractivity contribution in [2.75, 3.05) is 0 Å². The van der Waals surface area contributed by atoms with Gasteiger partial charge in [-0.1, -0.05) is 66.7 Å². The first-order chi connectivity index (χ1) is 14.2. The molecule has 140 valence electrons. The number of ketones is 1. The fourth-order valence-corrected chi connectivity index (χ4v) is 3.66. The van der Waals surface area contributed by atoms with Crippen molar-refractivity contribution in [1.29, 1.82) is 0 Å². The van der Waals surface area contributed by atoms with Crippen LogP contribution < -0.4 is 0 Å². The number of allylic oxidation sites excluding steroid dienone is 1. The van der Waals surface area contributed by atoms with Crippen molar-refractivity contribution in [2.24, 2.45) is 7.05 Å². The van der Waals surface area contributed by atoms with Gasteiger partial charge in [-0.05, 0) is 35.4 Å². The third kappa shape index (κ3) is 3.05. The van der Waals surface area contributed by atoms with Crippen molar-refractivity contribution in [3.8, 4) is 11.1 Å². The SMILES string of the molecule is Cn1c2ccccc2n2cc(/C=C/C(=O)c3ccc(-c4ccccc4)cc3)nc12. The first-order valence-electron chi connectivity index (χ1n) is 9.51. The molecule has 0 N–H and O–H groups in total. The van der Waals surface area contributed by atoms with E-state index in [1.165, 1.54) is 0 Å². The highest BCUT2D eigenvalue weighted by Crippen LogP contribution is 2.21. The second-order valence-corrected chi connectivity index (χ2v) is 7.02. The molecule has 0 atom stereocenters. The summed E-state index contributed by atoms with van der Waals surface area (Å²) in [5, 5.41) is 0. The first kappa shape index (κ1) is 17.2. The van der Waals surface area contributed by atoms with E-state index >= 15 is 0 Å². The number of nitrogens with zero attached hydrogens (tertiary/aromatic N) is 3. The minimum atomic E-state index is -0.0356. The Morgan fingerprint density at radius 3 is 2.24 bits per heavy atom. The van der Waals surface area contributed by atoms with Gasteiger partial charge in [0.15, 0.2) is 5.78 Å². The average molecular weight is 377 g/mol. The Balaban J connectivity index is 1.40. The molecule has 0 radical (unpaired) electrons. The number of benzene rings is 3. The van der Waals surface area contributed by atoms with Crippen LogP contribution in [0.2, 0.25) is 0 Å². The van der Waals surface area contributed by atoms with Crippen LogP contribution in [0.5, 0.6) is 0 Å². The Kier molecular flexibility index (Phi) is 4.10. The van der Waals surface area contributed by atoms with Gasteiger partial charge in [0.05, 0.1) is 16.7 Å². The molecule has 5 rings (SSSR count). The molecule has 0 saturated carbocycles. The Hall–Kier alpha value is -3.92. The zero-order valence-electron chi connectivity index (χ0n) is 16.0. The Labute approximate surface area is 168 Å². The highest BCUT2D eigenvalue weighted by molar-refractivity contribution is 6.07. The van der Waals surface area contributed by atoms with Crippen molar-refractivity contribution in [3.63, 3.8) is 0 Å². The summed E-state index contributed by atoms with van der Waals surface area (Å²) in [5.74, 6) is 0.817. The van der Waals surface area contributed by atoms with Gasteiger partial charge < -0.3 is 4.57 Å². The number of hydrogen-bond donors (Lipinski definition) is 0. The van der Waals surface area contributed by atoms with Crippen molar-refractivity contribution in [3.05, 3.63) is 102 Å². The lowest BCUT2D eigenvalue weighted by atomic mass is 10.0. The average Bonchev–Trinajstić information content (AvgIpc) is 3.32. The summed E-state index contributed by atoms with van der Waals surface area (Å²) in [6, 6.07) is 26.0. The predicted octanol–water partition coefficient (Wildman–Crippen LogP) is 5.39. The molecule has 0 bridgehead atoms. The summed E-state index contributed by atoms with van der Waals surface area (Å²) in [6.45, 7) is 0. The van der Waals surface area contributed by atoms with Crippen molar-refractivity contribution >= 4 is 28.7 Å². The summed E-state index contributed by atoms with van der Waals surface area (Å²) in [5.41, 5.74) is 5.88. The maximum Gasteiger partial charge on any atom is 0.215 e. The second kappa shape index (κ2) is 6.91. The molecule has 4 heteroatoms. The molecule has 4 nitrogen and oxygen atoms in total. The minimum absolute atomic E-state index is 0.0356. The van der Waals surface area contributed by atoms with Gasteiger partial charge in [-0.2, -0.15) is 0 Å². The first-order valence-corrected chi connectivity index (χ1v) is 9.51. The number of carbonyl (C=O) groups excluding carboxylic acids is 1. The van der Waals surface area contributed by atoms with E-state index in [0.29, 0.717) is 5.56 Å². The van der Waals surface area contributed by atoms with Crippen LogP contribution in [-0.2, 0) is 7.05 Å². The van der Waals surface area contributed by atoms with Gasteiger partial charge in [-0.25, -0.2) is 4.98 Å². The van der Waals surface area contributed by atoms with Gasteiger partial charge in [0.1, 0.15) is 0 Å². The maximum atomic E-state index is 12.6. The van der Waals surface area contributed by atoms with Gasteiger partial charge in [-0.15, -0.1) is 0 Å². The van der Waals surface area contributed by atoms with Gasteiger partial charge >= 0.3 is 0 Å². The third-order valence-corrected chi connectivity index (χ3v) is 5.19. The van der Waals surface area contributed by atoms with E-state index in [1.54, 1.807) is 12.2 Å². The number of rotatable bonds is 4. The Morgan fingerprint density at radius 1 is 0.828 bits per heavy atom. The molecule has 0 saturated heterocycles. The topological polar surface area (TPSA) is 39.3 Å². The molecule has 0 amide bonds. The summed E-state index contributed by atoms with van der Waals surface area (Å²) in [6.07, 6.45) is 5.32. The molecule has 0 aliphatic carbocycles. The van der Waals surface area contributed by atoms with Crippen LogP contribution in [0, 0.1) is 0 Å². The van der Waals surface area contributed by atoms with Crippen molar-refractivity contribution in [1.82, 2.24) is 14.0 Å². The number of imidazole rings is 2. The fraction of sp³-hybridized carbons (Fsp3) is 0.0400. The minimum Gasteiger partial charge on any atom is -0.313 e. The lowest BCUT2D eigenvalue weighted by Gasteiger charge is -2.02. The lowest BCUT2D eigenvalue weighted by molar-refractivity contribution is 0.104. The molecule has 0 aliphatic heterocycles. The number of aromatic nitrogens is 3. The summed E-state index contributed by atoms with van der Waals surface area (Å²) in [7, 11) is 2.00. The van der Waals surface area contributed by atoms with Gasteiger partial charge in [0, 0.05) is 18.8 Å². The summed E-state index contributed by atoms with van der Waals surface area (Å²) in [4.78, 5) is 17.2. The smallest absolute Gasteiger partial charge is 0.215 e. The van der Waals surface area contributed by atoms with Crippen molar-refractivity contribution < 1.29 is 4.79 Å². The molecule has 29 heavy (non-hydrogen) atoms. The monoisotopic (exact) mass is 377 g/mol. The van der Waals surface area contributed by atoms with E-state index < -0.39 is 0 Å². The predicted molar refractivity (Wildman–Crippen MR) is 117 cm³/mol. The number of fused-ring (bicyclic) bond motifs is 3. The van der Waals surface area contributed by atoms with Crippen LogP contribution >= 0.6 is 0 Å². The van der Waals surface area contributed by atoms with E-state index in [-0.39, 0.29) is 5.78 Å². The molecule has 0 fully saturated rings. The van der Waals surface area contributed by atoms with Crippen LogP contribution in [0.15, 0.2) is 91.1 Å². The Bertz CT molecular complexity index is 1360. The van der Waals surface area contributed by atoms with Crippen LogP contribution in [0.4, 0.5) is 0 Å². The highest BCUT2D eigenvalue weighted by atomic mass is 16.1. The van der Waals surface area contributed by atoms with Crippen LogP contribution in [-0.4, -0.2) is 19.7 Å². The molecule has 3 aromatic carbocycles. The molecule has 5 aromatic rings. The number of aryl methyl sites for hydroxylation is 1. The lowest BCUT2D eigenvalue weighted by Crippen LogP contribution is -1.94. The molecule has 0 unspecified atom stereocenters. The summed E-state index contributed by atoms with van der Waals surface area (Å²) >= 11 is 0. The standard InChI is InChI=1S/C25H19N3O/c1-27-22-9-5-6-10-23(22)28-17-21(26-25(27)28)15-16-24(29)20-13-11-19(12-14-20)18-7-3-2-4-8-18/h2-17H,1H3/b16-15+. The maximum absolute atomic E-state index is 12.6. The molecular formula is C25H19N3O. The molecule has 0 spiro atoms. The zero-order valence-corrected chi connectivity index (χ0v) is 16.0. The highest BCUT2D eigenvalue weighted by Gasteiger charge is 2.10. The van der Waals surface area contributed by atoms with Crippen molar-refractivity contribution in [2.45, 2.75) is 0 Å². The third-order valence-electron chi connectivity index (χ3n) is 5.19. The van der Waals surface area contributed by atoms with Crippen LogP contribution in [0.3, 0.4) is 0 Å².